The molecule has 0 radical (unpaired) electrons. The summed E-state index contributed by atoms with van der Waals surface area (Å²) < 4.78 is 94.6. The predicted molar refractivity (Wildman–Crippen MR) is 179 cm³/mol. The first-order valence-electron chi connectivity index (χ1n) is 16.8. The Morgan fingerprint density at radius 3 is 1.33 bits per heavy atom. The maximum atomic E-state index is 12.4. The van der Waals surface area contributed by atoms with E-state index in [2.05, 4.69) is 42.2 Å². The number of nitrogens with zero attached hydrogens (tertiary/aromatic N) is 8. The van der Waals surface area contributed by atoms with E-state index in [4.69, 9.17) is 18.5 Å². The molecule has 0 saturated carbocycles. The van der Waals surface area contributed by atoms with E-state index < -0.39 is 25.2 Å². The lowest BCUT2D eigenvalue weighted by atomic mass is 10.1. The maximum Gasteiger partial charge on any atom is 0.396 e. The molecule has 0 bridgehead atoms. The number of benzene rings is 2. The van der Waals surface area contributed by atoms with Gasteiger partial charge in [-0.1, -0.05) is 34.6 Å². The maximum absolute atomic E-state index is 12.4. The molecular formula is C34H42F6N8O4. The highest BCUT2D eigenvalue weighted by molar-refractivity contribution is 5.30. The highest BCUT2D eigenvalue weighted by Gasteiger charge is 2.32. The van der Waals surface area contributed by atoms with Gasteiger partial charge in [0.05, 0.1) is 14.2 Å². The number of halogens is 6. The minimum atomic E-state index is -4.33. The molecule has 0 N–H and O–H groups in total. The van der Waals surface area contributed by atoms with Gasteiger partial charge in [-0.3, -0.25) is 9.80 Å². The van der Waals surface area contributed by atoms with E-state index in [1.165, 1.54) is 11.1 Å². The standard InChI is InChI=1S/2C17H21F3N4O2/c2*1-25-14-4-2-3-13(11-14)5-6-23-7-9-24(10-8-23)16-21-15(22-26-16)12-17(18,19)20/h2*2-4,11H,5-10,12H2,1H3. The van der Waals surface area contributed by atoms with Gasteiger partial charge in [0, 0.05) is 65.4 Å². The number of hydrogen-bond donors (Lipinski definition) is 0. The predicted octanol–water partition coefficient (Wildman–Crippen LogP) is 5.10. The minimum absolute atomic E-state index is 0.164. The molecule has 2 saturated heterocycles. The topological polar surface area (TPSA) is 109 Å². The van der Waals surface area contributed by atoms with Crippen LogP contribution in [0.5, 0.6) is 11.5 Å². The first-order valence-corrected chi connectivity index (χ1v) is 16.8. The zero-order chi connectivity index (χ0) is 37.1. The van der Waals surface area contributed by atoms with Crippen molar-refractivity contribution in [3.63, 3.8) is 0 Å². The fourth-order valence-electron chi connectivity index (χ4n) is 5.80. The molecule has 12 nitrogen and oxygen atoms in total. The van der Waals surface area contributed by atoms with E-state index in [0.717, 1.165) is 63.6 Å². The van der Waals surface area contributed by atoms with Gasteiger partial charge in [0.25, 0.3) is 0 Å². The van der Waals surface area contributed by atoms with Crippen LogP contribution in [0.15, 0.2) is 57.6 Å². The average Bonchev–Trinajstić information content (AvgIpc) is 3.79. The number of rotatable bonds is 12. The highest BCUT2D eigenvalue weighted by Crippen LogP contribution is 2.24. The van der Waals surface area contributed by atoms with E-state index in [1.807, 2.05) is 46.2 Å². The van der Waals surface area contributed by atoms with Gasteiger partial charge in [0.15, 0.2) is 11.6 Å². The van der Waals surface area contributed by atoms with Crippen molar-refractivity contribution >= 4 is 12.0 Å². The van der Waals surface area contributed by atoms with Crippen LogP contribution in [0.3, 0.4) is 0 Å². The zero-order valence-corrected chi connectivity index (χ0v) is 29.0. The van der Waals surface area contributed by atoms with Crippen molar-refractivity contribution < 1.29 is 44.9 Å². The summed E-state index contributed by atoms with van der Waals surface area (Å²) in [5.74, 6) is 1.04. The van der Waals surface area contributed by atoms with Crippen molar-refractivity contribution in [3.05, 3.63) is 71.3 Å². The third kappa shape index (κ3) is 12.3. The second kappa shape index (κ2) is 17.8. The van der Waals surface area contributed by atoms with E-state index in [9.17, 15) is 26.3 Å². The van der Waals surface area contributed by atoms with E-state index >= 15 is 0 Å². The summed E-state index contributed by atoms with van der Waals surface area (Å²) in [6.07, 6.45) is -9.19. The van der Waals surface area contributed by atoms with Gasteiger partial charge in [-0.15, -0.1) is 0 Å². The molecule has 2 fully saturated rings. The van der Waals surface area contributed by atoms with Gasteiger partial charge in [-0.2, -0.15) is 36.3 Å². The lowest BCUT2D eigenvalue weighted by Crippen LogP contribution is -2.47. The first kappa shape index (κ1) is 38.6. The van der Waals surface area contributed by atoms with Crippen LogP contribution < -0.4 is 19.3 Å². The minimum Gasteiger partial charge on any atom is -0.497 e. The third-order valence-electron chi connectivity index (χ3n) is 8.62. The van der Waals surface area contributed by atoms with Crippen LogP contribution in [0.25, 0.3) is 0 Å². The van der Waals surface area contributed by atoms with Crippen molar-refractivity contribution in [2.24, 2.45) is 0 Å². The van der Waals surface area contributed by atoms with Crippen LogP contribution in [0.2, 0.25) is 0 Å². The molecule has 0 unspecified atom stereocenters. The van der Waals surface area contributed by atoms with Crippen LogP contribution in [0.4, 0.5) is 38.4 Å². The number of aromatic nitrogens is 4. The third-order valence-corrected chi connectivity index (χ3v) is 8.62. The number of hydrogen-bond acceptors (Lipinski definition) is 12. The molecule has 2 aliphatic rings. The van der Waals surface area contributed by atoms with Crippen molar-refractivity contribution in [1.29, 1.82) is 0 Å². The average molecular weight is 741 g/mol. The summed E-state index contributed by atoms with van der Waals surface area (Å²) in [4.78, 5) is 16.0. The molecule has 0 spiro atoms. The van der Waals surface area contributed by atoms with Crippen molar-refractivity contribution in [1.82, 2.24) is 30.1 Å². The molecule has 4 aromatic rings. The number of methoxy groups -OCH3 is 2. The molecule has 284 valence electrons. The molecule has 2 aliphatic heterocycles. The summed E-state index contributed by atoms with van der Waals surface area (Å²) in [6.45, 7) is 7.56. The molecule has 4 heterocycles. The molecular weight excluding hydrogens is 698 g/mol. The molecule has 0 aliphatic carbocycles. The van der Waals surface area contributed by atoms with Gasteiger partial charge < -0.3 is 28.3 Å². The Labute approximate surface area is 297 Å². The Bertz CT molecular complexity index is 1550. The Kier molecular flexibility index (Phi) is 13.2. The van der Waals surface area contributed by atoms with Gasteiger partial charge in [-0.25, -0.2) is 0 Å². The van der Waals surface area contributed by atoms with Gasteiger partial charge in [0.2, 0.25) is 0 Å². The summed E-state index contributed by atoms with van der Waals surface area (Å²) in [6, 6.07) is 16.3. The smallest absolute Gasteiger partial charge is 0.396 e. The van der Waals surface area contributed by atoms with Crippen molar-refractivity contribution in [2.45, 2.75) is 38.0 Å². The highest BCUT2D eigenvalue weighted by atomic mass is 19.4. The van der Waals surface area contributed by atoms with Gasteiger partial charge in [0.1, 0.15) is 24.3 Å². The molecule has 6 rings (SSSR count). The molecule has 18 heteroatoms. The Balaban J connectivity index is 0.000000201. The summed E-state index contributed by atoms with van der Waals surface area (Å²) in [5.41, 5.74) is 2.42. The Morgan fingerprint density at radius 1 is 0.596 bits per heavy atom. The van der Waals surface area contributed by atoms with Gasteiger partial charge >= 0.3 is 24.4 Å². The largest absolute Gasteiger partial charge is 0.497 e. The van der Waals surface area contributed by atoms with Crippen LogP contribution in [0.1, 0.15) is 22.8 Å². The molecule has 2 aromatic carbocycles. The Morgan fingerprint density at radius 2 is 0.981 bits per heavy atom. The quantitative estimate of drug-likeness (QED) is 0.181. The van der Waals surface area contributed by atoms with E-state index in [-0.39, 0.29) is 23.7 Å². The first-order chi connectivity index (χ1) is 24.9. The zero-order valence-electron chi connectivity index (χ0n) is 29.0. The molecule has 52 heavy (non-hydrogen) atoms. The van der Waals surface area contributed by atoms with Crippen LogP contribution in [-0.4, -0.2) is 122 Å². The Hall–Kier alpha value is -4.58. The van der Waals surface area contributed by atoms with Crippen molar-refractivity contribution in [2.75, 3.05) is 89.5 Å². The van der Waals surface area contributed by atoms with Crippen LogP contribution >= 0.6 is 0 Å². The molecule has 0 atom stereocenters. The van der Waals surface area contributed by atoms with E-state index in [0.29, 0.717) is 26.2 Å². The normalized spacial score (nSPS) is 16.1. The van der Waals surface area contributed by atoms with Crippen molar-refractivity contribution in [3.8, 4) is 11.5 Å². The number of alkyl halides is 6. The summed E-state index contributed by atoms with van der Waals surface area (Å²) in [5, 5.41) is 6.83. The van der Waals surface area contributed by atoms with Gasteiger partial charge in [-0.05, 0) is 48.2 Å². The SMILES string of the molecule is COc1cccc(CCN2CCN(c3nc(CC(F)(F)F)no3)CC2)c1.COc1cccc(CCN2CCN(c3nc(CC(F)(F)F)no3)CC2)c1. The second-order valence-corrected chi connectivity index (χ2v) is 12.4. The number of anilines is 2. The summed E-state index contributed by atoms with van der Waals surface area (Å²) in [7, 11) is 3.30. The van der Waals surface area contributed by atoms with E-state index in [1.54, 1.807) is 14.2 Å². The summed E-state index contributed by atoms with van der Waals surface area (Å²) >= 11 is 0. The van der Waals surface area contributed by atoms with Crippen LogP contribution in [0, 0.1) is 0 Å². The lowest BCUT2D eigenvalue weighted by Gasteiger charge is -2.33. The second-order valence-electron chi connectivity index (χ2n) is 12.4. The molecule has 0 amide bonds. The fraction of sp³-hybridized carbons (Fsp3) is 0.529. The lowest BCUT2D eigenvalue weighted by molar-refractivity contribution is -0.129. The number of piperazine rings is 2. The fourth-order valence-corrected chi connectivity index (χ4v) is 5.80. The van der Waals surface area contributed by atoms with Crippen LogP contribution in [-0.2, 0) is 25.7 Å². The monoisotopic (exact) mass is 740 g/mol. The molecule has 2 aromatic heterocycles. The number of ether oxygens (including phenoxy) is 2.